The maximum absolute atomic E-state index is 2.31. The predicted octanol–water partition coefficient (Wildman–Crippen LogP) is 13.8. The van der Waals surface area contributed by atoms with Gasteiger partial charge in [0.15, 0.2) is 0 Å². The van der Waals surface area contributed by atoms with Crippen LogP contribution in [0, 0.1) is 13.8 Å². The van der Waals surface area contributed by atoms with E-state index >= 15 is 0 Å². The number of fused-ring (bicyclic) bond motifs is 5. The fourth-order valence-electron chi connectivity index (χ4n) is 5.22. The summed E-state index contributed by atoms with van der Waals surface area (Å²) < 4.78 is 8.81. The second-order valence-electron chi connectivity index (χ2n) is 10.2. The van der Waals surface area contributed by atoms with Gasteiger partial charge in [-0.05, 0) is 72.5 Å². The Hall–Kier alpha value is -3.10. The molecule has 0 bridgehead atoms. The van der Waals surface area contributed by atoms with E-state index in [-0.39, 0.29) is 0 Å². The Morgan fingerprint density at radius 3 is 1.21 bits per heavy atom. The third-order valence-corrected chi connectivity index (χ3v) is 15.8. The van der Waals surface area contributed by atoms with Crippen molar-refractivity contribution in [2.24, 2.45) is 0 Å². The summed E-state index contributed by atoms with van der Waals surface area (Å²) in [4.78, 5) is 8.17. The van der Waals surface area contributed by atoms with Crippen LogP contribution in [0.1, 0.15) is 32.0 Å². The zero-order valence-corrected chi connectivity index (χ0v) is 27.7. The van der Waals surface area contributed by atoms with Crippen molar-refractivity contribution in [3.05, 3.63) is 117 Å². The molecule has 8 aromatic rings. The summed E-state index contributed by atoms with van der Waals surface area (Å²) in [5, 5.41) is 0. The molecule has 204 valence electrons. The number of hydrogen-bond donors (Lipinski definition) is 0. The van der Waals surface area contributed by atoms with Gasteiger partial charge < -0.3 is 0 Å². The lowest BCUT2D eigenvalue weighted by atomic mass is 10.2. The molecule has 0 aliphatic rings. The molecule has 0 spiro atoms. The fraction of sp³-hybridized carbons (Fsp3) is 0.0556. The lowest BCUT2D eigenvalue weighted by molar-refractivity contribution is 1.62. The zero-order chi connectivity index (χ0) is 28.2. The number of hydrogen-bond acceptors (Lipinski definition) is 6. The minimum atomic E-state index is 1.23. The minimum absolute atomic E-state index is 1.23. The predicted molar refractivity (Wildman–Crippen MR) is 197 cm³/mol. The summed E-state index contributed by atoms with van der Waals surface area (Å²) in [6, 6.07) is 30.1. The van der Waals surface area contributed by atoms with Crippen LogP contribution in [-0.4, -0.2) is 0 Å². The third kappa shape index (κ3) is 4.67. The lowest BCUT2D eigenvalue weighted by Crippen LogP contribution is -1.68. The Labute approximate surface area is 268 Å². The molecular formula is C36H24S6. The molecule has 6 heteroatoms. The van der Waals surface area contributed by atoms with Crippen molar-refractivity contribution in [3.8, 4) is 19.5 Å². The molecule has 0 aliphatic heterocycles. The summed E-state index contributed by atoms with van der Waals surface area (Å²) >= 11 is 11.7. The van der Waals surface area contributed by atoms with E-state index in [0.29, 0.717) is 0 Å². The average Bonchev–Trinajstić information content (AvgIpc) is 3.85. The highest BCUT2D eigenvalue weighted by atomic mass is 32.1. The van der Waals surface area contributed by atoms with Gasteiger partial charge in [0.2, 0.25) is 0 Å². The average molecular weight is 649 g/mol. The molecule has 42 heavy (non-hydrogen) atoms. The van der Waals surface area contributed by atoms with Gasteiger partial charge in [-0.1, -0.05) is 72.8 Å². The Morgan fingerprint density at radius 1 is 0.381 bits per heavy atom. The SMILES string of the molecule is Cc1c(-c2ccc(/C=C/c3ccccc3)s2)sc2c1sc1c3sc(-c4ccc(/C=C/c5ccccc5)s4)c(C)c3sc21. The first kappa shape index (κ1) is 26.5. The van der Waals surface area contributed by atoms with Gasteiger partial charge in [0.1, 0.15) is 0 Å². The fourth-order valence-corrected chi connectivity index (χ4v) is 13.4. The van der Waals surface area contributed by atoms with Gasteiger partial charge in [0.25, 0.3) is 0 Å². The first-order valence-electron chi connectivity index (χ1n) is 13.7. The largest absolute Gasteiger partial charge is 0.135 e. The first-order valence-corrected chi connectivity index (χ1v) is 18.6. The zero-order valence-electron chi connectivity index (χ0n) is 22.8. The van der Waals surface area contributed by atoms with Crippen LogP contribution in [0.25, 0.3) is 72.0 Å². The molecule has 0 fully saturated rings. The van der Waals surface area contributed by atoms with Gasteiger partial charge in [0.05, 0.1) is 28.2 Å². The molecule has 0 unspecified atom stereocenters. The highest BCUT2D eigenvalue weighted by Gasteiger charge is 2.23. The molecule has 0 saturated carbocycles. The molecule has 6 aromatic heterocycles. The van der Waals surface area contributed by atoms with Crippen molar-refractivity contribution < 1.29 is 0 Å². The molecule has 0 amide bonds. The van der Waals surface area contributed by atoms with Crippen molar-refractivity contribution in [2.75, 3.05) is 0 Å². The standard InChI is InChI=1S/C36H24S6/c1-21-29(27-19-17-25(37-27)15-13-23-9-5-3-6-10-23)39-33-31(21)41-36-34-32(42-35(33)36)22(2)30(40-34)28-20-18-26(38-28)16-14-24-11-7-4-8-12-24/h3-20H,1-2H3/b15-13+,16-14+. The van der Waals surface area contributed by atoms with E-state index in [1.807, 2.05) is 68.0 Å². The minimum Gasteiger partial charge on any atom is -0.135 e. The van der Waals surface area contributed by atoms with E-state index in [0.717, 1.165) is 0 Å². The van der Waals surface area contributed by atoms with E-state index in [2.05, 4.69) is 123 Å². The maximum atomic E-state index is 2.31. The van der Waals surface area contributed by atoms with Crippen LogP contribution in [0.4, 0.5) is 0 Å². The van der Waals surface area contributed by atoms with Crippen LogP contribution in [0.5, 0.6) is 0 Å². The van der Waals surface area contributed by atoms with Gasteiger partial charge >= 0.3 is 0 Å². The Balaban J connectivity index is 1.11. The normalized spacial score (nSPS) is 12.3. The molecule has 0 saturated heterocycles. The van der Waals surface area contributed by atoms with Crippen molar-refractivity contribution in [3.63, 3.8) is 0 Å². The highest BCUT2D eigenvalue weighted by Crippen LogP contribution is 2.55. The lowest BCUT2D eigenvalue weighted by Gasteiger charge is -1.95. The Kier molecular flexibility index (Phi) is 6.86. The van der Waals surface area contributed by atoms with E-state index < -0.39 is 0 Å². The summed E-state index contributed by atoms with van der Waals surface area (Å²) in [5.41, 5.74) is 5.33. The van der Waals surface area contributed by atoms with Crippen molar-refractivity contribution in [2.45, 2.75) is 13.8 Å². The summed E-state index contributed by atoms with van der Waals surface area (Å²) in [7, 11) is 0. The quantitative estimate of drug-likeness (QED) is 0.168. The molecule has 2 aromatic carbocycles. The van der Waals surface area contributed by atoms with E-state index in [1.165, 1.54) is 79.7 Å². The van der Waals surface area contributed by atoms with Crippen LogP contribution in [0.2, 0.25) is 0 Å². The van der Waals surface area contributed by atoms with Gasteiger partial charge in [0, 0.05) is 29.3 Å². The monoisotopic (exact) mass is 648 g/mol. The van der Waals surface area contributed by atoms with E-state index in [4.69, 9.17) is 0 Å². The number of benzene rings is 2. The Bertz CT molecular complexity index is 2090. The number of thiophene rings is 6. The smallest absolute Gasteiger partial charge is 0.0651 e. The molecular weight excluding hydrogens is 625 g/mol. The Morgan fingerprint density at radius 2 is 0.786 bits per heavy atom. The van der Waals surface area contributed by atoms with Gasteiger partial charge in [-0.3, -0.25) is 0 Å². The summed E-state index contributed by atoms with van der Waals surface area (Å²) in [5.74, 6) is 0. The van der Waals surface area contributed by atoms with Crippen LogP contribution >= 0.6 is 68.0 Å². The van der Waals surface area contributed by atoms with Crippen molar-refractivity contribution >= 4 is 121 Å². The summed E-state index contributed by atoms with van der Waals surface area (Å²) in [6.07, 6.45) is 8.87. The third-order valence-electron chi connectivity index (χ3n) is 7.39. The summed E-state index contributed by atoms with van der Waals surface area (Å²) in [6.45, 7) is 4.62. The molecule has 8 rings (SSSR count). The molecule has 6 heterocycles. The van der Waals surface area contributed by atoms with Crippen LogP contribution in [0.15, 0.2) is 84.9 Å². The van der Waals surface area contributed by atoms with Crippen molar-refractivity contribution in [1.29, 1.82) is 0 Å². The van der Waals surface area contributed by atoms with Gasteiger partial charge in [-0.15, -0.1) is 68.0 Å². The van der Waals surface area contributed by atoms with Gasteiger partial charge in [-0.2, -0.15) is 0 Å². The second-order valence-corrected chi connectivity index (χ2v) is 16.5. The van der Waals surface area contributed by atoms with E-state index in [1.54, 1.807) is 0 Å². The van der Waals surface area contributed by atoms with Crippen LogP contribution in [-0.2, 0) is 0 Å². The molecule has 0 atom stereocenters. The van der Waals surface area contributed by atoms with E-state index in [9.17, 15) is 0 Å². The second kappa shape index (κ2) is 10.9. The van der Waals surface area contributed by atoms with Crippen LogP contribution < -0.4 is 0 Å². The number of rotatable bonds is 6. The van der Waals surface area contributed by atoms with Crippen molar-refractivity contribution in [1.82, 2.24) is 0 Å². The first-order chi connectivity index (χ1) is 20.6. The highest BCUT2D eigenvalue weighted by molar-refractivity contribution is 7.46. The molecule has 0 N–H and O–H groups in total. The van der Waals surface area contributed by atoms with Gasteiger partial charge in [-0.25, -0.2) is 0 Å². The maximum Gasteiger partial charge on any atom is 0.0651 e. The van der Waals surface area contributed by atoms with Crippen LogP contribution in [0.3, 0.4) is 0 Å². The topological polar surface area (TPSA) is 0 Å². The number of aryl methyl sites for hydroxylation is 2. The molecule has 0 radical (unpaired) electrons. The molecule has 0 nitrogen and oxygen atoms in total. The molecule has 0 aliphatic carbocycles.